The zero-order valence-corrected chi connectivity index (χ0v) is 28.9. The van der Waals surface area contributed by atoms with E-state index in [4.69, 9.17) is 23.2 Å². The fourth-order valence-electron chi connectivity index (χ4n) is 5.91. The van der Waals surface area contributed by atoms with Crippen molar-refractivity contribution in [2.45, 2.75) is 69.0 Å². The van der Waals surface area contributed by atoms with Gasteiger partial charge in [0.05, 0.1) is 20.6 Å². The Morgan fingerprint density at radius 3 is 2.17 bits per heavy atom. The van der Waals surface area contributed by atoms with Crippen LogP contribution >= 0.6 is 23.2 Å². The van der Waals surface area contributed by atoms with Gasteiger partial charge < -0.3 is 10.2 Å². The van der Waals surface area contributed by atoms with E-state index in [0.717, 1.165) is 59.7 Å². The molecule has 0 radical (unpaired) electrons. The van der Waals surface area contributed by atoms with E-state index in [0.29, 0.717) is 10.6 Å². The van der Waals surface area contributed by atoms with Crippen LogP contribution in [0.4, 0.5) is 10.1 Å². The lowest BCUT2D eigenvalue weighted by atomic mass is 9.94. The average Bonchev–Trinajstić information content (AvgIpc) is 3.08. The topological polar surface area (TPSA) is 86.8 Å². The van der Waals surface area contributed by atoms with Crippen LogP contribution in [0.2, 0.25) is 10.0 Å². The number of carbonyl (C=O) groups excluding carboxylic acids is 2. The summed E-state index contributed by atoms with van der Waals surface area (Å²) in [4.78, 5) is 30.1. The van der Waals surface area contributed by atoms with Crippen LogP contribution in [0.25, 0.3) is 0 Å². The molecule has 5 rings (SSSR count). The van der Waals surface area contributed by atoms with Crippen molar-refractivity contribution < 1.29 is 22.4 Å². The fourth-order valence-corrected chi connectivity index (χ4v) is 7.64. The molecule has 4 aromatic rings. The van der Waals surface area contributed by atoms with Gasteiger partial charge in [-0.1, -0.05) is 96.6 Å². The van der Waals surface area contributed by atoms with E-state index in [9.17, 15) is 22.4 Å². The second kappa shape index (κ2) is 16.0. The van der Waals surface area contributed by atoms with E-state index in [1.165, 1.54) is 17.0 Å². The van der Waals surface area contributed by atoms with E-state index in [2.05, 4.69) is 5.32 Å². The van der Waals surface area contributed by atoms with Crippen LogP contribution in [0, 0.1) is 12.7 Å². The predicted molar refractivity (Wildman–Crippen MR) is 188 cm³/mol. The first-order valence-electron chi connectivity index (χ1n) is 15.9. The Morgan fingerprint density at radius 2 is 1.52 bits per heavy atom. The lowest BCUT2D eigenvalue weighted by Crippen LogP contribution is -2.55. The molecular weight excluding hydrogens is 672 g/mol. The number of aryl methyl sites for hydroxylation is 1. The van der Waals surface area contributed by atoms with Gasteiger partial charge in [-0.15, -0.1) is 0 Å². The number of benzene rings is 4. The molecule has 0 unspecified atom stereocenters. The Hall–Kier alpha value is -3.92. The van der Waals surface area contributed by atoms with Crippen molar-refractivity contribution in [1.82, 2.24) is 10.2 Å². The van der Waals surface area contributed by atoms with Crippen molar-refractivity contribution in [3.05, 3.63) is 130 Å². The van der Waals surface area contributed by atoms with Crippen LogP contribution in [0.1, 0.15) is 48.8 Å². The molecule has 0 heterocycles. The number of sulfonamides is 1. The van der Waals surface area contributed by atoms with Crippen molar-refractivity contribution in [3.63, 3.8) is 0 Å². The summed E-state index contributed by atoms with van der Waals surface area (Å²) in [6, 6.07) is 24.5. The molecule has 1 N–H and O–H groups in total. The minimum Gasteiger partial charge on any atom is -0.352 e. The predicted octanol–water partition coefficient (Wildman–Crippen LogP) is 7.73. The minimum atomic E-state index is -4.34. The maximum Gasteiger partial charge on any atom is 0.264 e. The summed E-state index contributed by atoms with van der Waals surface area (Å²) < 4.78 is 43.0. The molecule has 7 nitrogen and oxygen atoms in total. The van der Waals surface area contributed by atoms with E-state index < -0.39 is 34.3 Å². The van der Waals surface area contributed by atoms with Crippen molar-refractivity contribution in [2.24, 2.45) is 0 Å². The third-order valence-electron chi connectivity index (χ3n) is 8.56. The number of hydrogen-bond acceptors (Lipinski definition) is 4. The van der Waals surface area contributed by atoms with Gasteiger partial charge in [0.2, 0.25) is 11.8 Å². The van der Waals surface area contributed by atoms with Gasteiger partial charge in [0.25, 0.3) is 10.0 Å². The molecule has 48 heavy (non-hydrogen) atoms. The molecule has 1 atom stereocenters. The molecule has 1 fully saturated rings. The number of nitrogens with one attached hydrogen (secondary N) is 1. The summed E-state index contributed by atoms with van der Waals surface area (Å²) in [5, 5.41) is 3.81. The normalized spacial score (nSPS) is 14.2. The van der Waals surface area contributed by atoms with Gasteiger partial charge in [0.15, 0.2) is 0 Å². The zero-order valence-electron chi connectivity index (χ0n) is 26.6. The van der Waals surface area contributed by atoms with Crippen molar-refractivity contribution in [2.75, 3.05) is 10.8 Å². The SMILES string of the molecule is Cc1ccc(N(CC(=O)N(Cc2ccc(Cl)c(Cl)c2)[C@@H](Cc2ccccc2)C(=O)NC2CCCCC2)S(=O)(=O)c2ccc(F)cc2)cc1. The first-order valence-corrected chi connectivity index (χ1v) is 18.1. The summed E-state index contributed by atoms with van der Waals surface area (Å²) in [5.41, 5.74) is 2.60. The van der Waals surface area contributed by atoms with E-state index in [1.807, 2.05) is 37.3 Å². The molecule has 2 amide bonds. The number of rotatable bonds is 12. The van der Waals surface area contributed by atoms with E-state index in [1.54, 1.807) is 42.5 Å². The van der Waals surface area contributed by atoms with Crippen LogP contribution in [-0.4, -0.2) is 43.8 Å². The van der Waals surface area contributed by atoms with Crippen LogP contribution in [0.5, 0.6) is 0 Å². The molecular formula is C37H38Cl2FN3O4S. The van der Waals surface area contributed by atoms with Gasteiger partial charge in [0.1, 0.15) is 18.4 Å². The first-order chi connectivity index (χ1) is 23.0. The second-order valence-electron chi connectivity index (χ2n) is 12.1. The molecule has 252 valence electrons. The molecule has 1 aliphatic rings. The Balaban J connectivity index is 1.57. The molecule has 0 bridgehead atoms. The van der Waals surface area contributed by atoms with Gasteiger partial charge in [0, 0.05) is 19.0 Å². The van der Waals surface area contributed by atoms with Gasteiger partial charge in [-0.2, -0.15) is 0 Å². The Morgan fingerprint density at radius 1 is 0.854 bits per heavy atom. The summed E-state index contributed by atoms with van der Waals surface area (Å²) in [6.45, 7) is 1.21. The standard InChI is InChI=1S/C37H38Cl2FN3O4S/c1-26-12-17-31(18-13-26)43(48(46,47)32-19-15-29(40)16-20-32)25-36(44)42(24-28-14-21-33(38)34(39)22-28)35(23-27-8-4-2-5-9-27)37(45)41-30-10-6-3-7-11-30/h2,4-5,8-9,12-22,30,35H,3,6-7,10-11,23-25H2,1H3,(H,41,45)/t35-/m0/s1. The molecule has 0 saturated heterocycles. The number of halogens is 3. The quantitative estimate of drug-likeness (QED) is 0.163. The third-order valence-corrected chi connectivity index (χ3v) is 11.1. The zero-order chi connectivity index (χ0) is 34.3. The highest BCUT2D eigenvalue weighted by Gasteiger charge is 2.35. The van der Waals surface area contributed by atoms with Crippen LogP contribution < -0.4 is 9.62 Å². The first kappa shape index (κ1) is 35.4. The van der Waals surface area contributed by atoms with Crippen LogP contribution in [0.3, 0.4) is 0 Å². The van der Waals surface area contributed by atoms with Gasteiger partial charge in [-0.05, 0) is 79.4 Å². The highest BCUT2D eigenvalue weighted by molar-refractivity contribution is 7.92. The molecule has 0 spiro atoms. The molecule has 11 heteroatoms. The number of carbonyl (C=O) groups is 2. The number of hydrogen-bond donors (Lipinski definition) is 1. The van der Waals surface area contributed by atoms with Crippen LogP contribution in [0.15, 0.2) is 102 Å². The van der Waals surface area contributed by atoms with E-state index >= 15 is 0 Å². The maximum absolute atomic E-state index is 14.6. The monoisotopic (exact) mass is 709 g/mol. The summed E-state index contributed by atoms with van der Waals surface area (Å²) >= 11 is 12.6. The Bertz CT molecular complexity index is 1820. The maximum atomic E-state index is 14.6. The largest absolute Gasteiger partial charge is 0.352 e. The molecule has 0 aromatic heterocycles. The second-order valence-corrected chi connectivity index (χ2v) is 14.8. The van der Waals surface area contributed by atoms with E-state index in [-0.39, 0.29) is 40.5 Å². The lowest BCUT2D eigenvalue weighted by Gasteiger charge is -2.35. The number of anilines is 1. The summed E-state index contributed by atoms with van der Waals surface area (Å²) in [6.07, 6.45) is 5.02. The smallest absolute Gasteiger partial charge is 0.264 e. The van der Waals surface area contributed by atoms with Crippen molar-refractivity contribution in [1.29, 1.82) is 0 Å². The average molecular weight is 711 g/mol. The molecule has 1 saturated carbocycles. The van der Waals surface area contributed by atoms with Gasteiger partial charge >= 0.3 is 0 Å². The third kappa shape index (κ3) is 8.95. The molecule has 0 aliphatic heterocycles. The van der Waals surface area contributed by atoms with Crippen molar-refractivity contribution >= 4 is 50.7 Å². The van der Waals surface area contributed by atoms with Gasteiger partial charge in [-0.3, -0.25) is 13.9 Å². The van der Waals surface area contributed by atoms with Gasteiger partial charge in [-0.25, -0.2) is 12.8 Å². The minimum absolute atomic E-state index is 0.0191. The molecule has 1 aliphatic carbocycles. The Kier molecular flexibility index (Phi) is 11.8. The van der Waals surface area contributed by atoms with Crippen molar-refractivity contribution in [3.8, 4) is 0 Å². The Labute approximate surface area is 291 Å². The lowest BCUT2D eigenvalue weighted by molar-refractivity contribution is -0.140. The molecule has 4 aromatic carbocycles. The highest BCUT2D eigenvalue weighted by atomic mass is 35.5. The fraction of sp³-hybridized carbons (Fsp3) is 0.297. The summed E-state index contributed by atoms with van der Waals surface area (Å²) in [5.74, 6) is -1.51. The highest BCUT2D eigenvalue weighted by Crippen LogP contribution is 2.28. The number of amides is 2. The van der Waals surface area contributed by atoms with Crippen LogP contribution in [-0.2, 0) is 32.6 Å². The number of nitrogens with zero attached hydrogens (tertiary/aromatic N) is 2. The summed E-state index contributed by atoms with van der Waals surface area (Å²) in [7, 11) is -4.34.